The molecule has 0 unspecified atom stereocenters. The van der Waals surface area contributed by atoms with Gasteiger partial charge >= 0.3 is 0 Å². The van der Waals surface area contributed by atoms with Crippen LogP contribution in [0.15, 0.2) is 0 Å². The van der Waals surface area contributed by atoms with Crippen LogP contribution in [-0.2, 0) is 4.74 Å². The minimum absolute atomic E-state index is 0.0973. The normalized spacial score (nSPS) is 31.7. The van der Waals surface area contributed by atoms with Crippen molar-refractivity contribution in [3.63, 3.8) is 0 Å². The van der Waals surface area contributed by atoms with Crippen LogP contribution < -0.4 is 0 Å². The Morgan fingerprint density at radius 1 is 1.67 bits per heavy atom. The van der Waals surface area contributed by atoms with Crippen molar-refractivity contribution in [1.82, 2.24) is 0 Å². The van der Waals surface area contributed by atoms with Crippen LogP contribution in [0.5, 0.6) is 0 Å². The second-order valence-electron chi connectivity index (χ2n) is 2.34. The molecular weight excluding hydrogens is 120 g/mol. The van der Waals surface area contributed by atoms with E-state index in [1.807, 2.05) is 6.92 Å². The molecule has 0 aromatic rings. The first-order chi connectivity index (χ1) is 4.25. The molecule has 3 nitrogen and oxygen atoms in total. The molecule has 1 aliphatic heterocycles. The van der Waals surface area contributed by atoms with E-state index >= 15 is 0 Å². The third-order valence-electron chi connectivity index (χ3n) is 1.55. The van der Waals surface area contributed by atoms with Crippen LogP contribution in [0.4, 0.5) is 0 Å². The lowest BCUT2D eigenvalue weighted by molar-refractivity contribution is 0.00130. The second kappa shape index (κ2) is 2.64. The van der Waals surface area contributed by atoms with Crippen LogP contribution in [0.1, 0.15) is 13.3 Å². The third kappa shape index (κ3) is 1.64. The number of aliphatic hydroxyl groups is 2. The van der Waals surface area contributed by atoms with Crippen molar-refractivity contribution in [3.8, 4) is 0 Å². The second-order valence-corrected chi connectivity index (χ2v) is 2.34. The lowest BCUT2D eigenvalue weighted by Crippen LogP contribution is -2.30. The van der Waals surface area contributed by atoms with Gasteiger partial charge in [0.2, 0.25) is 0 Å². The van der Waals surface area contributed by atoms with E-state index in [0.717, 1.165) is 0 Å². The molecule has 2 N–H and O–H groups in total. The highest BCUT2D eigenvalue weighted by atomic mass is 16.6. The Hall–Kier alpha value is -0.120. The topological polar surface area (TPSA) is 53.0 Å². The van der Waals surface area contributed by atoms with Gasteiger partial charge in [-0.15, -0.1) is 0 Å². The summed E-state index contributed by atoms with van der Waals surface area (Å²) in [5.41, 5.74) is 0. The van der Waals surface area contributed by atoms with Crippen LogP contribution in [-0.4, -0.2) is 35.1 Å². The summed E-state index contributed by atoms with van der Waals surface area (Å²) in [5.74, 6) is 0. The predicted molar refractivity (Wildman–Crippen MR) is 32.0 cm³/mol. The van der Waals surface area contributed by atoms with Crippen LogP contribution in [0, 0.1) is 0 Å². The van der Waals surface area contributed by atoms with Crippen molar-refractivity contribution in [3.05, 3.63) is 0 Å². The molecule has 0 saturated carbocycles. The number of aliphatic hydroxyl groups excluding tert-OH is 2. The van der Waals surface area contributed by atoms with E-state index in [1.54, 1.807) is 0 Å². The maximum Gasteiger partial charge on any atom is 0.109 e. The highest BCUT2D eigenvalue weighted by Crippen LogP contribution is 2.17. The smallest absolute Gasteiger partial charge is 0.109 e. The maximum absolute atomic E-state index is 9.08. The van der Waals surface area contributed by atoms with E-state index in [-0.39, 0.29) is 6.10 Å². The fourth-order valence-corrected chi connectivity index (χ4v) is 0.742. The van der Waals surface area contributed by atoms with Crippen LogP contribution >= 0.6 is 0 Å². The number of hydrogen-bond acceptors (Lipinski definition) is 3. The molecule has 0 aliphatic carbocycles. The summed E-state index contributed by atoms with van der Waals surface area (Å²) in [5, 5.41) is 18.1. The van der Waals surface area contributed by atoms with Crippen LogP contribution in [0.3, 0.4) is 0 Å². The molecule has 3 heteroatoms. The quantitative estimate of drug-likeness (QED) is 0.510. The standard InChI is InChI=1S/C6H12O3/c1-2-4(7)6(8)5-3-9-5/h4-8H,2-3H2,1H3/t4-,5+,6+/m0/s1. The van der Waals surface area contributed by atoms with E-state index in [0.29, 0.717) is 13.0 Å². The van der Waals surface area contributed by atoms with Crippen molar-refractivity contribution >= 4 is 0 Å². The van der Waals surface area contributed by atoms with Gasteiger partial charge in [-0.25, -0.2) is 0 Å². The van der Waals surface area contributed by atoms with Crippen molar-refractivity contribution in [2.75, 3.05) is 6.61 Å². The number of ether oxygens (including phenoxy) is 1. The number of epoxide rings is 1. The molecule has 3 atom stereocenters. The van der Waals surface area contributed by atoms with Crippen molar-refractivity contribution in [1.29, 1.82) is 0 Å². The zero-order valence-corrected chi connectivity index (χ0v) is 5.45. The summed E-state index contributed by atoms with van der Waals surface area (Å²) >= 11 is 0. The summed E-state index contributed by atoms with van der Waals surface area (Å²) in [6, 6.07) is 0. The summed E-state index contributed by atoms with van der Waals surface area (Å²) in [4.78, 5) is 0. The van der Waals surface area contributed by atoms with E-state index in [9.17, 15) is 0 Å². The van der Waals surface area contributed by atoms with Gasteiger partial charge in [0, 0.05) is 0 Å². The molecule has 0 aromatic heterocycles. The molecule has 1 aliphatic rings. The molecule has 0 spiro atoms. The van der Waals surface area contributed by atoms with Gasteiger partial charge in [0.05, 0.1) is 12.7 Å². The first-order valence-corrected chi connectivity index (χ1v) is 3.23. The maximum atomic E-state index is 9.08. The van der Waals surface area contributed by atoms with E-state index in [1.165, 1.54) is 0 Å². The lowest BCUT2D eigenvalue weighted by Gasteiger charge is -2.12. The van der Waals surface area contributed by atoms with E-state index in [2.05, 4.69) is 0 Å². The zero-order chi connectivity index (χ0) is 6.85. The van der Waals surface area contributed by atoms with Crippen molar-refractivity contribution in [2.45, 2.75) is 31.7 Å². The SMILES string of the molecule is CC[C@H](O)[C@@H](O)[C@H]1CO1. The van der Waals surface area contributed by atoms with Gasteiger partial charge in [0.15, 0.2) is 0 Å². The Morgan fingerprint density at radius 2 is 2.22 bits per heavy atom. The highest BCUT2D eigenvalue weighted by Gasteiger charge is 2.35. The molecular formula is C6H12O3. The molecule has 1 fully saturated rings. The Balaban J connectivity index is 2.22. The fourth-order valence-electron chi connectivity index (χ4n) is 0.742. The van der Waals surface area contributed by atoms with Gasteiger partial charge in [-0.2, -0.15) is 0 Å². The molecule has 0 bridgehead atoms. The van der Waals surface area contributed by atoms with E-state index in [4.69, 9.17) is 14.9 Å². The Morgan fingerprint density at radius 3 is 2.56 bits per heavy atom. The van der Waals surface area contributed by atoms with Crippen molar-refractivity contribution < 1.29 is 14.9 Å². The third-order valence-corrected chi connectivity index (χ3v) is 1.55. The largest absolute Gasteiger partial charge is 0.390 e. The van der Waals surface area contributed by atoms with Crippen LogP contribution in [0.25, 0.3) is 0 Å². The molecule has 0 radical (unpaired) electrons. The van der Waals surface area contributed by atoms with Crippen molar-refractivity contribution in [2.24, 2.45) is 0 Å². The predicted octanol–water partition coefficient (Wildman–Crippen LogP) is -0.483. The summed E-state index contributed by atoms with van der Waals surface area (Å²) in [6.45, 7) is 2.43. The summed E-state index contributed by atoms with van der Waals surface area (Å²) < 4.78 is 4.78. The molecule has 1 rings (SSSR count). The summed E-state index contributed by atoms with van der Waals surface area (Å²) in [6.07, 6.45) is -0.798. The Bertz CT molecular complexity index is 90.3. The highest BCUT2D eigenvalue weighted by molar-refractivity contribution is 4.82. The molecule has 0 aromatic carbocycles. The van der Waals surface area contributed by atoms with Gasteiger partial charge in [0.25, 0.3) is 0 Å². The first kappa shape index (κ1) is 6.99. The van der Waals surface area contributed by atoms with Gasteiger partial charge in [-0.3, -0.25) is 0 Å². The molecule has 1 heterocycles. The van der Waals surface area contributed by atoms with Gasteiger partial charge in [-0.05, 0) is 6.42 Å². The first-order valence-electron chi connectivity index (χ1n) is 3.23. The van der Waals surface area contributed by atoms with Gasteiger partial charge < -0.3 is 14.9 Å². The zero-order valence-electron chi connectivity index (χ0n) is 5.45. The molecule has 9 heavy (non-hydrogen) atoms. The average Bonchev–Trinajstić information content (AvgIpc) is 2.66. The minimum Gasteiger partial charge on any atom is -0.390 e. The molecule has 1 saturated heterocycles. The monoisotopic (exact) mass is 132 g/mol. The van der Waals surface area contributed by atoms with Crippen LogP contribution in [0.2, 0.25) is 0 Å². The van der Waals surface area contributed by atoms with Gasteiger partial charge in [0.1, 0.15) is 12.2 Å². The molecule has 54 valence electrons. The number of hydrogen-bond donors (Lipinski definition) is 2. The summed E-state index contributed by atoms with van der Waals surface area (Å²) in [7, 11) is 0. The Labute approximate surface area is 54.3 Å². The average molecular weight is 132 g/mol. The fraction of sp³-hybridized carbons (Fsp3) is 1.00. The molecule has 0 amide bonds. The lowest BCUT2D eigenvalue weighted by atomic mass is 10.1. The Kier molecular flexibility index (Phi) is 2.05. The minimum atomic E-state index is -0.671. The van der Waals surface area contributed by atoms with E-state index < -0.39 is 12.2 Å². The van der Waals surface area contributed by atoms with Gasteiger partial charge in [-0.1, -0.05) is 6.92 Å². The number of rotatable bonds is 3.